The van der Waals surface area contributed by atoms with Gasteiger partial charge in [-0.15, -0.1) is 0 Å². The Bertz CT molecular complexity index is 145. The highest BCUT2D eigenvalue weighted by molar-refractivity contribution is 5.62. The van der Waals surface area contributed by atoms with Crippen LogP contribution in [-0.2, 0) is 4.79 Å². The average Bonchev–Trinajstić information content (AvgIpc) is 2.42. The molecule has 2 unspecified atom stereocenters. The summed E-state index contributed by atoms with van der Waals surface area (Å²) < 4.78 is 0. The summed E-state index contributed by atoms with van der Waals surface area (Å²) >= 11 is 0. The van der Waals surface area contributed by atoms with Crippen molar-refractivity contribution in [2.24, 2.45) is 5.41 Å². The minimum atomic E-state index is 0.0556. The van der Waals surface area contributed by atoms with Gasteiger partial charge < -0.3 is 10.1 Å². The zero-order valence-electron chi connectivity index (χ0n) is 6.10. The third-order valence-electron chi connectivity index (χ3n) is 3.04. The molecule has 0 aromatic heterocycles. The predicted molar refractivity (Wildman–Crippen MR) is 38.8 cm³/mol. The zero-order valence-corrected chi connectivity index (χ0v) is 6.10. The van der Waals surface area contributed by atoms with Crippen LogP contribution < -0.4 is 5.32 Å². The molecule has 1 heterocycles. The number of nitrogens with one attached hydrogen (secondary N) is 1. The zero-order chi connectivity index (χ0) is 7.03. The van der Waals surface area contributed by atoms with Crippen molar-refractivity contribution in [2.75, 3.05) is 6.54 Å². The van der Waals surface area contributed by atoms with E-state index in [1.54, 1.807) is 0 Å². The molecule has 56 valence electrons. The second-order valence-corrected chi connectivity index (χ2v) is 3.50. The van der Waals surface area contributed by atoms with Gasteiger partial charge in [-0.2, -0.15) is 0 Å². The highest BCUT2D eigenvalue weighted by atomic mass is 16.1. The molecule has 2 rings (SSSR count). The molecule has 1 saturated carbocycles. The first-order valence-corrected chi connectivity index (χ1v) is 4.07. The maximum Gasteiger partial charge on any atom is 0.127 e. The van der Waals surface area contributed by atoms with Crippen molar-refractivity contribution < 1.29 is 4.79 Å². The van der Waals surface area contributed by atoms with Crippen LogP contribution in [0.5, 0.6) is 0 Å². The van der Waals surface area contributed by atoms with Crippen LogP contribution in [0.1, 0.15) is 25.7 Å². The van der Waals surface area contributed by atoms with Gasteiger partial charge in [0, 0.05) is 11.5 Å². The van der Waals surface area contributed by atoms with Crippen LogP contribution in [-0.4, -0.2) is 18.9 Å². The minimum Gasteiger partial charge on any atom is -0.313 e. The molecule has 2 aliphatic rings. The van der Waals surface area contributed by atoms with Gasteiger partial charge in [-0.1, -0.05) is 6.42 Å². The first-order chi connectivity index (χ1) is 4.87. The van der Waals surface area contributed by atoms with Crippen molar-refractivity contribution in [2.45, 2.75) is 31.7 Å². The Kier molecular flexibility index (Phi) is 1.31. The number of hydrogen-bond acceptors (Lipinski definition) is 2. The van der Waals surface area contributed by atoms with Crippen LogP contribution in [0, 0.1) is 5.41 Å². The molecule has 2 heteroatoms. The molecule has 10 heavy (non-hydrogen) atoms. The molecule has 2 atom stereocenters. The number of carbonyl (C=O) groups is 1. The number of hydrogen-bond donors (Lipinski definition) is 1. The first-order valence-electron chi connectivity index (χ1n) is 4.07. The Morgan fingerprint density at radius 1 is 1.50 bits per heavy atom. The van der Waals surface area contributed by atoms with Crippen molar-refractivity contribution in [1.29, 1.82) is 0 Å². The summed E-state index contributed by atoms with van der Waals surface area (Å²) in [5.41, 5.74) is 0.0556. The molecule has 1 aliphatic carbocycles. The minimum absolute atomic E-state index is 0.0556. The van der Waals surface area contributed by atoms with E-state index in [0.29, 0.717) is 6.04 Å². The number of rotatable bonds is 1. The summed E-state index contributed by atoms with van der Waals surface area (Å²) in [7, 11) is 0. The molecule has 1 saturated heterocycles. The summed E-state index contributed by atoms with van der Waals surface area (Å²) in [4.78, 5) is 10.8. The van der Waals surface area contributed by atoms with Crippen molar-refractivity contribution >= 4 is 6.29 Å². The monoisotopic (exact) mass is 139 g/mol. The highest BCUT2D eigenvalue weighted by Crippen LogP contribution is 2.42. The summed E-state index contributed by atoms with van der Waals surface area (Å²) in [6.45, 7) is 1.05. The molecule has 0 amide bonds. The van der Waals surface area contributed by atoms with Crippen LogP contribution in [0.15, 0.2) is 0 Å². The van der Waals surface area contributed by atoms with E-state index in [4.69, 9.17) is 0 Å². The molecule has 0 aromatic rings. The lowest BCUT2D eigenvalue weighted by molar-refractivity contribution is -0.115. The summed E-state index contributed by atoms with van der Waals surface area (Å²) in [6.07, 6.45) is 5.81. The van der Waals surface area contributed by atoms with E-state index in [1.165, 1.54) is 19.1 Å². The lowest BCUT2D eigenvalue weighted by Gasteiger charge is -2.19. The third-order valence-corrected chi connectivity index (χ3v) is 3.04. The Balaban J connectivity index is 2.23. The summed E-state index contributed by atoms with van der Waals surface area (Å²) in [5, 5.41) is 3.38. The summed E-state index contributed by atoms with van der Waals surface area (Å²) in [6, 6.07) is 0.519. The highest BCUT2D eigenvalue weighted by Gasteiger charge is 2.45. The normalized spacial score (nSPS) is 45.4. The standard InChI is InChI=1S/C8H13NO/c10-6-8-3-1-2-7(8)9-5-4-8/h6-7,9H,1-5H2. The van der Waals surface area contributed by atoms with E-state index in [0.717, 1.165) is 19.4 Å². The lowest BCUT2D eigenvalue weighted by Crippen LogP contribution is -2.32. The Morgan fingerprint density at radius 2 is 2.40 bits per heavy atom. The SMILES string of the molecule is O=CC12CCCC1NCC2. The molecule has 0 bridgehead atoms. The Hall–Kier alpha value is -0.370. The molecular weight excluding hydrogens is 126 g/mol. The predicted octanol–water partition coefficient (Wildman–Crippen LogP) is 0.718. The van der Waals surface area contributed by atoms with Crippen LogP contribution in [0.3, 0.4) is 0 Å². The fourth-order valence-electron chi connectivity index (χ4n) is 2.38. The maximum absolute atomic E-state index is 10.8. The largest absolute Gasteiger partial charge is 0.313 e. The molecule has 1 N–H and O–H groups in total. The van der Waals surface area contributed by atoms with E-state index in [9.17, 15) is 4.79 Å². The van der Waals surface area contributed by atoms with Crippen molar-refractivity contribution in [1.82, 2.24) is 5.32 Å². The Morgan fingerprint density at radius 3 is 3.10 bits per heavy atom. The van der Waals surface area contributed by atoms with Gasteiger partial charge in [0.05, 0.1) is 0 Å². The molecule has 0 radical (unpaired) electrons. The molecule has 1 aliphatic heterocycles. The molecular formula is C8H13NO. The molecule has 2 nitrogen and oxygen atoms in total. The van der Waals surface area contributed by atoms with Gasteiger partial charge in [-0.05, 0) is 25.8 Å². The quantitative estimate of drug-likeness (QED) is 0.542. The first kappa shape index (κ1) is 6.35. The van der Waals surface area contributed by atoms with Crippen molar-refractivity contribution in [3.63, 3.8) is 0 Å². The fourth-order valence-corrected chi connectivity index (χ4v) is 2.38. The number of carbonyl (C=O) groups excluding carboxylic acids is 1. The van der Waals surface area contributed by atoms with Crippen LogP contribution in [0.25, 0.3) is 0 Å². The van der Waals surface area contributed by atoms with Gasteiger partial charge >= 0.3 is 0 Å². The topological polar surface area (TPSA) is 29.1 Å². The van der Waals surface area contributed by atoms with Gasteiger partial charge in [-0.25, -0.2) is 0 Å². The smallest absolute Gasteiger partial charge is 0.127 e. The molecule has 0 aromatic carbocycles. The van der Waals surface area contributed by atoms with Gasteiger partial charge in [0.25, 0.3) is 0 Å². The van der Waals surface area contributed by atoms with Crippen LogP contribution in [0.4, 0.5) is 0 Å². The van der Waals surface area contributed by atoms with Crippen LogP contribution in [0.2, 0.25) is 0 Å². The Labute approximate surface area is 61.0 Å². The lowest BCUT2D eigenvalue weighted by atomic mass is 9.84. The van der Waals surface area contributed by atoms with Gasteiger partial charge in [0.2, 0.25) is 0 Å². The number of aldehydes is 1. The maximum atomic E-state index is 10.8. The molecule has 0 spiro atoms. The van der Waals surface area contributed by atoms with Gasteiger partial charge in [-0.3, -0.25) is 0 Å². The van der Waals surface area contributed by atoms with Crippen molar-refractivity contribution in [3.8, 4) is 0 Å². The summed E-state index contributed by atoms with van der Waals surface area (Å²) in [5.74, 6) is 0. The van der Waals surface area contributed by atoms with E-state index in [1.807, 2.05) is 0 Å². The van der Waals surface area contributed by atoms with Gasteiger partial charge in [0.15, 0.2) is 0 Å². The average molecular weight is 139 g/mol. The van der Waals surface area contributed by atoms with Gasteiger partial charge in [0.1, 0.15) is 6.29 Å². The van der Waals surface area contributed by atoms with E-state index < -0.39 is 0 Å². The van der Waals surface area contributed by atoms with Crippen molar-refractivity contribution in [3.05, 3.63) is 0 Å². The second-order valence-electron chi connectivity index (χ2n) is 3.50. The fraction of sp³-hybridized carbons (Fsp3) is 0.875. The number of fused-ring (bicyclic) bond motifs is 1. The van der Waals surface area contributed by atoms with E-state index in [-0.39, 0.29) is 5.41 Å². The second kappa shape index (κ2) is 2.06. The van der Waals surface area contributed by atoms with Crippen LogP contribution >= 0.6 is 0 Å². The van der Waals surface area contributed by atoms with E-state index >= 15 is 0 Å². The van der Waals surface area contributed by atoms with E-state index in [2.05, 4.69) is 5.32 Å². The third kappa shape index (κ3) is 0.655. The molecule has 2 fully saturated rings.